The summed E-state index contributed by atoms with van der Waals surface area (Å²) in [6.45, 7) is 2.98. The van der Waals surface area contributed by atoms with E-state index in [1.165, 1.54) is 6.26 Å². The van der Waals surface area contributed by atoms with Crippen molar-refractivity contribution in [3.8, 4) is 0 Å². The van der Waals surface area contributed by atoms with E-state index in [0.717, 1.165) is 5.56 Å². The maximum atomic E-state index is 12.8. The Balaban J connectivity index is 1.67. The molecule has 0 fully saturated rings. The lowest BCUT2D eigenvalue weighted by molar-refractivity contribution is 0.0752. The molecular formula is C21H19ClN2O3. The zero-order valence-electron chi connectivity index (χ0n) is 14.8. The summed E-state index contributed by atoms with van der Waals surface area (Å²) in [5, 5.41) is 3.37. The fraction of sp³-hybridized carbons (Fsp3) is 0.143. The highest BCUT2D eigenvalue weighted by Gasteiger charge is 2.15. The molecule has 1 aromatic heterocycles. The van der Waals surface area contributed by atoms with Gasteiger partial charge in [0.05, 0.1) is 6.26 Å². The number of hydrogen-bond donors (Lipinski definition) is 1. The highest BCUT2D eigenvalue weighted by Crippen LogP contribution is 2.16. The number of carbonyl (C=O) groups is 2. The molecule has 1 heterocycles. The molecule has 2 amide bonds. The predicted molar refractivity (Wildman–Crippen MR) is 105 cm³/mol. The van der Waals surface area contributed by atoms with Crippen LogP contribution in [0.3, 0.4) is 0 Å². The van der Waals surface area contributed by atoms with Crippen molar-refractivity contribution < 1.29 is 14.0 Å². The Morgan fingerprint density at radius 2 is 1.85 bits per heavy atom. The van der Waals surface area contributed by atoms with E-state index in [2.05, 4.69) is 5.32 Å². The first kappa shape index (κ1) is 18.7. The monoisotopic (exact) mass is 382 g/mol. The molecule has 3 aromatic rings. The minimum Gasteiger partial charge on any atom is -0.459 e. The molecule has 5 nitrogen and oxygen atoms in total. The maximum absolute atomic E-state index is 12.8. The Morgan fingerprint density at radius 3 is 2.48 bits per heavy atom. The van der Waals surface area contributed by atoms with Gasteiger partial charge in [-0.25, -0.2) is 0 Å². The number of nitrogens with zero attached hydrogens (tertiary/aromatic N) is 1. The average Bonchev–Trinajstić information content (AvgIpc) is 3.21. The van der Waals surface area contributed by atoms with Gasteiger partial charge in [-0.2, -0.15) is 0 Å². The standard InChI is InChI=1S/C21H19ClN2O3/c1-2-24(14-15-5-3-6-17(22)13-15)21(26)16-8-10-18(11-9-16)23-20(25)19-7-4-12-27-19/h3-13H,2,14H2,1H3,(H,23,25). The molecule has 0 aliphatic rings. The van der Waals surface area contributed by atoms with Gasteiger partial charge in [0.1, 0.15) is 0 Å². The third-order valence-corrected chi connectivity index (χ3v) is 4.30. The van der Waals surface area contributed by atoms with E-state index < -0.39 is 0 Å². The lowest BCUT2D eigenvalue weighted by Gasteiger charge is -2.21. The zero-order chi connectivity index (χ0) is 19.2. The Labute approximate surface area is 162 Å². The highest BCUT2D eigenvalue weighted by atomic mass is 35.5. The van der Waals surface area contributed by atoms with Crippen LogP contribution in [0.1, 0.15) is 33.4 Å². The van der Waals surface area contributed by atoms with E-state index in [-0.39, 0.29) is 17.6 Å². The molecule has 27 heavy (non-hydrogen) atoms. The molecule has 0 spiro atoms. The molecular weight excluding hydrogens is 364 g/mol. The summed E-state index contributed by atoms with van der Waals surface area (Å²) in [5.74, 6) is -0.189. The number of rotatable bonds is 6. The fourth-order valence-corrected chi connectivity index (χ4v) is 2.87. The molecule has 1 N–H and O–H groups in total. The number of carbonyl (C=O) groups excluding carboxylic acids is 2. The van der Waals surface area contributed by atoms with Crippen LogP contribution in [0, 0.1) is 0 Å². The largest absolute Gasteiger partial charge is 0.459 e. The minimum absolute atomic E-state index is 0.0820. The highest BCUT2D eigenvalue weighted by molar-refractivity contribution is 6.30. The van der Waals surface area contributed by atoms with Gasteiger partial charge in [0.2, 0.25) is 0 Å². The second-order valence-corrected chi connectivity index (χ2v) is 6.39. The van der Waals surface area contributed by atoms with E-state index in [4.69, 9.17) is 16.0 Å². The summed E-state index contributed by atoms with van der Waals surface area (Å²) in [5.41, 5.74) is 2.11. The van der Waals surface area contributed by atoms with Gasteiger partial charge >= 0.3 is 0 Å². The number of halogens is 1. The van der Waals surface area contributed by atoms with Crippen LogP contribution in [-0.4, -0.2) is 23.3 Å². The van der Waals surface area contributed by atoms with Crippen molar-refractivity contribution in [1.82, 2.24) is 4.90 Å². The van der Waals surface area contributed by atoms with Gasteiger partial charge in [-0.05, 0) is 61.0 Å². The number of benzene rings is 2. The molecule has 0 saturated carbocycles. The van der Waals surface area contributed by atoms with E-state index in [0.29, 0.717) is 29.4 Å². The molecule has 0 aliphatic carbocycles. The number of nitrogens with one attached hydrogen (secondary N) is 1. The van der Waals surface area contributed by atoms with Crippen molar-refractivity contribution in [2.45, 2.75) is 13.5 Å². The first-order valence-corrected chi connectivity index (χ1v) is 8.93. The van der Waals surface area contributed by atoms with Gasteiger partial charge in [-0.15, -0.1) is 0 Å². The van der Waals surface area contributed by atoms with E-state index in [9.17, 15) is 9.59 Å². The zero-order valence-corrected chi connectivity index (χ0v) is 15.6. The molecule has 3 rings (SSSR count). The van der Waals surface area contributed by atoms with Crippen molar-refractivity contribution in [2.24, 2.45) is 0 Å². The van der Waals surface area contributed by atoms with Crippen LogP contribution in [0.15, 0.2) is 71.3 Å². The molecule has 0 unspecified atom stereocenters. The minimum atomic E-state index is -0.338. The number of anilines is 1. The number of hydrogen-bond acceptors (Lipinski definition) is 3. The summed E-state index contributed by atoms with van der Waals surface area (Å²) in [6, 6.07) is 17.5. The van der Waals surface area contributed by atoms with Crippen LogP contribution >= 0.6 is 11.6 Å². The Morgan fingerprint density at radius 1 is 1.07 bits per heavy atom. The molecule has 0 aliphatic heterocycles. The second kappa shape index (κ2) is 8.56. The molecule has 2 aromatic carbocycles. The van der Waals surface area contributed by atoms with Crippen molar-refractivity contribution in [1.29, 1.82) is 0 Å². The molecule has 6 heteroatoms. The predicted octanol–water partition coefficient (Wildman–Crippen LogP) is 4.85. The Hall–Kier alpha value is -3.05. The molecule has 138 valence electrons. The normalized spacial score (nSPS) is 10.4. The summed E-state index contributed by atoms with van der Waals surface area (Å²) in [7, 11) is 0. The lowest BCUT2D eigenvalue weighted by atomic mass is 10.1. The van der Waals surface area contributed by atoms with Crippen molar-refractivity contribution >= 4 is 29.1 Å². The van der Waals surface area contributed by atoms with E-state index in [1.807, 2.05) is 25.1 Å². The lowest BCUT2D eigenvalue weighted by Crippen LogP contribution is -2.30. The van der Waals surface area contributed by atoms with Gasteiger partial charge in [0.25, 0.3) is 11.8 Å². The van der Waals surface area contributed by atoms with Crippen LogP contribution in [0.2, 0.25) is 5.02 Å². The second-order valence-electron chi connectivity index (χ2n) is 5.96. The first-order chi connectivity index (χ1) is 13.1. The quantitative estimate of drug-likeness (QED) is 0.663. The van der Waals surface area contributed by atoms with Gasteiger partial charge < -0.3 is 14.6 Å². The van der Waals surface area contributed by atoms with Crippen LogP contribution in [0.5, 0.6) is 0 Å². The molecule has 0 atom stereocenters. The van der Waals surface area contributed by atoms with Gasteiger partial charge in [-0.1, -0.05) is 23.7 Å². The van der Waals surface area contributed by atoms with Crippen LogP contribution in [0.4, 0.5) is 5.69 Å². The number of amides is 2. The summed E-state index contributed by atoms with van der Waals surface area (Å²) in [6.07, 6.45) is 1.44. The van der Waals surface area contributed by atoms with Crippen molar-refractivity contribution in [3.05, 3.63) is 88.8 Å². The fourth-order valence-electron chi connectivity index (χ4n) is 2.66. The van der Waals surface area contributed by atoms with Gasteiger partial charge in [-0.3, -0.25) is 9.59 Å². The van der Waals surface area contributed by atoms with Crippen LogP contribution in [0.25, 0.3) is 0 Å². The van der Waals surface area contributed by atoms with E-state index in [1.54, 1.807) is 47.4 Å². The smallest absolute Gasteiger partial charge is 0.291 e. The van der Waals surface area contributed by atoms with Crippen molar-refractivity contribution in [3.63, 3.8) is 0 Å². The Bertz CT molecular complexity index is 921. The number of furan rings is 1. The topological polar surface area (TPSA) is 62.6 Å². The van der Waals surface area contributed by atoms with Crippen LogP contribution < -0.4 is 5.32 Å². The van der Waals surface area contributed by atoms with Gasteiger partial charge in [0, 0.05) is 29.4 Å². The maximum Gasteiger partial charge on any atom is 0.291 e. The molecule has 0 bridgehead atoms. The summed E-state index contributed by atoms with van der Waals surface area (Å²) in [4.78, 5) is 26.5. The third-order valence-electron chi connectivity index (χ3n) is 4.07. The first-order valence-electron chi connectivity index (χ1n) is 8.55. The third kappa shape index (κ3) is 4.77. The Kier molecular flexibility index (Phi) is 5.94. The molecule has 0 saturated heterocycles. The summed E-state index contributed by atoms with van der Waals surface area (Å²) < 4.78 is 5.06. The van der Waals surface area contributed by atoms with E-state index >= 15 is 0 Å². The van der Waals surface area contributed by atoms with Gasteiger partial charge in [0.15, 0.2) is 5.76 Å². The molecule has 0 radical (unpaired) electrons. The summed E-state index contributed by atoms with van der Waals surface area (Å²) >= 11 is 6.02. The average molecular weight is 383 g/mol. The van der Waals surface area contributed by atoms with Crippen molar-refractivity contribution in [2.75, 3.05) is 11.9 Å². The van der Waals surface area contributed by atoms with Crippen LogP contribution in [-0.2, 0) is 6.54 Å². The SMILES string of the molecule is CCN(Cc1cccc(Cl)c1)C(=O)c1ccc(NC(=O)c2ccco2)cc1.